The molecule has 0 spiro atoms. The molecule has 1 aliphatic rings. The quantitative estimate of drug-likeness (QED) is 0.817. The maximum atomic E-state index is 12.6. The molecule has 0 amide bonds. The molecule has 2 aromatic rings. The van der Waals surface area contributed by atoms with Crippen LogP contribution >= 0.6 is 11.6 Å². The second-order valence-corrected chi connectivity index (χ2v) is 8.73. The fraction of sp³-hybridized carbons (Fsp3) is 0.368. The summed E-state index contributed by atoms with van der Waals surface area (Å²) >= 11 is 6.03. The van der Waals surface area contributed by atoms with Crippen molar-refractivity contribution in [3.63, 3.8) is 0 Å². The summed E-state index contributed by atoms with van der Waals surface area (Å²) in [5, 5.41) is 0.255. The molecule has 1 unspecified atom stereocenters. The summed E-state index contributed by atoms with van der Waals surface area (Å²) in [5.41, 5.74) is 1.64. The van der Waals surface area contributed by atoms with Crippen LogP contribution in [0.15, 0.2) is 47.4 Å². The van der Waals surface area contributed by atoms with Crippen LogP contribution < -0.4 is 14.4 Å². The predicted molar refractivity (Wildman–Crippen MR) is 106 cm³/mol. The van der Waals surface area contributed by atoms with E-state index in [1.165, 1.54) is 38.2 Å². The highest BCUT2D eigenvalue weighted by Gasteiger charge is 2.18. The maximum Gasteiger partial charge on any atom is 0.261 e. The van der Waals surface area contributed by atoms with Crippen LogP contribution in [-0.4, -0.2) is 28.6 Å². The molecule has 1 atom stereocenters. The Balaban J connectivity index is 1.74. The van der Waals surface area contributed by atoms with Crippen molar-refractivity contribution >= 4 is 33.0 Å². The first kappa shape index (κ1) is 18.9. The first-order chi connectivity index (χ1) is 12.4. The lowest BCUT2D eigenvalue weighted by molar-refractivity contribution is 0.414. The monoisotopic (exact) mass is 394 g/mol. The topological polar surface area (TPSA) is 58.6 Å². The Bertz CT molecular complexity index is 869. The van der Waals surface area contributed by atoms with Crippen molar-refractivity contribution in [1.82, 2.24) is 0 Å². The average Bonchev–Trinajstić information content (AvgIpc) is 2.62. The molecule has 0 aliphatic carbocycles. The van der Waals surface area contributed by atoms with Crippen LogP contribution in [0.4, 0.5) is 11.4 Å². The Morgan fingerprint density at radius 2 is 1.92 bits per heavy atom. The Morgan fingerprint density at radius 3 is 2.54 bits per heavy atom. The minimum absolute atomic E-state index is 0.0947. The molecule has 26 heavy (non-hydrogen) atoms. The Labute approximate surface area is 160 Å². The molecule has 5 nitrogen and oxygen atoms in total. The van der Waals surface area contributed by atoms with Crippen molar-refractivity contribution in [2.24, 2.45) is 5.92 Å². The van der Waals surface area contributed by atoms with Crippen molar-refractivity contribution in [3.8, 4) is 5.75 Å². The Kier molecular flexibility index (Phi) is 5.63. The van der Waals surface area contributed by atoms with E-state index in [0.717, 1.165) is 18.8 Å². The zero-order chi connectivity index (χ0) is 18.7. The minimum Gasteiger partial charge on any atom is -0.495 e. The molecule has 2 aromatic carbocycles. The number of hydrogen-bond donors (Lipinski definition) is 1. The normalized spacial score (nSPS) is 17.8. The SMILES string of the molecule is COc1ccc(S(=O)(=O)Nc2ccc(N3CCCC(C)C3)cc2)cc1Cl. The zero-order valence-corrected chi connectivity index (χ0v) is 16.5. The number of methoxy groups -OCH3 is 1. The number of nitrogens with zero attached hydrogens (tertiary/aromatic N) is 1. The minimum atomic E-state index is -3.71. The van der Waals surface area contributed by atoms with Crippen LogP contribution in [-0.2, 0) is 10.0 Å². The van der Waals surface area contributed by atoms with Crippen LogP contribution in [0.25, 0.3) is 0 Å². The van der Waals surface area contributed by atoms with Gasteiger partial charge in [-0.25, -0.2) is 8.42 Å². The molecular weight excluding hydrogens is 372 g/mol. The van der Waals surface area contributed by atoms with E-state index in [4.69, 9.17) is 16.3 Å². The lowest BCUT2D eigenvalue weighted by Crippen LogP contribution is -2.34. The fourth-order valence-corrected chi connectivity index (χ4v) is 4.60. The number of benzene rings is 2. The molecule has 1 fully saturated rings. The smallest absolute Gasteiger partial charge is 0.261 e. The Hall–Kier alpha value is -1.92. The number of rotatable bonds is 5. The third-order valence-electron chi connectivity index (χ3n) is 4.58. The van der Waals surface area contributed by atoms with Gasteiger partial charge in [0.25, 0.3) is 10.0 Å². The lowest BCUT2D eigenvalue weighted by atomic mass is 10.00. The van der Waals surface area contributed by atoms with E-state index in [1.54, 1.807) is 12.1 Å². The highest BCUT2D eigenvalue weighted by atomic mass is 35.5. The summed E-state index contributed by atoms with van der Waals surface area (Å²) in [6.07, 6.45) is 2.45. The van der Waals surface area contributed by atoms with Crippen LogP contribution in [0.3, 0.4) is 0 Å². The third kappa shape index (κ3) is 4.24. The van der Waals surface area contributed by atoms with Crippen molar-refractivity contribution in [2.75, 3.05) is 29.8 Å². The summed E-state index contributed by atoms with van der Waals surface area (Å²) in [4.78, 5) is 2.44. The summed E-state index contributed by atoms with van der Waals surface area (Å²) in [6, 6.07) is 11.9. The molecule has 0 bridgehead atoms. The molecule has 1 saturated heterocycles. The van der Waals surface area contributed by atoms with Gasteiger partial charge in [-0.2, -0.15) is 0 Å². The van der Waals surface area contributed by atoms with Crippen LogP contribution in [0.2, 0.25) is 5.02 Å². The molecule has 1 N–H and O–H groups in total. The molecule has 7 heteroatoms. The molecule has 0 radical (unpaired) electrons. The number of halogens is 1. The van der Waals surface area contributed by atoms with E-state index in [0.29, 0.717) is 17.4 Å². The van der Waals surface area contributed by atoms with E-state index in [-0.39, 0.29) is 9.92 Å². The zero-order valence-electron chi connectivity index (χ0n) is 14.9. The lowest BCUT2D eigenvalue weighted by Gasteiger charge is -2.32. The van der Waals surface area contributed by atoms with Gasteiger partial charge < -0.3 is 9.64 Å². The fourth-order valence-electron chi connectivity index (χ4n) is 3.19. The highest BCUT2D eigenvalue weighted by Crippen LogP contribution is 2.29. The van der Waals surface area contributed by atoms with Crippen molar-refractivity contribution in [2.45, 2.75) is 24.7 Å². The summed E-state index contributed by atoms with van der Waals surface area (Å²) in [6.45, 7) is 4.34. The van der Waals surface area contributed by atoms with Gasteiger partial charge in [0.2, 0.25) is 0 Å². The van der Waals surface area contributed by atoms with E-state index in [9.17, 15) is 8.42 Å². The number of hydrogen-bond acceptors (Lipinski definition) is 4. The summed E-state index contributed by atoms with van der Waals surface area (Å²) in [7, 11) is -2.23. The van der Waals surface area contributed by atoms with E-state index in [2.05, 4.69) is 16.5 Å². The maximum absolute atomic E-state index is 12.6. The van der Waals surface area contributed by atoms with Crippen molar-refractivity contribution in [3.05, 3.63) is 47.5 Å². The molecule has 0 aromatic heterocycles. The predicted octanol–water partition coefficient (Wildman–Crippen LogP) is 4.39. The third-order valence-corrected chi connectivity index (χ3v) is 6.25. The molecule has 3 rings (SSSR count). The first-order valence-electron chi connectivity index (χ1n) is 8.60. The summed E-state index contributed by atoms with van der Waals surface area (Å²) in [5.74, 6) is 1.12. The van der Waals surface area contributed by atoms with E-state index in [1.807, 2.05) is 12.1 Å². The van der Waals surface area contributed by atoms with Gasteiger partial charge in [-0.15, -0.1) is 0 Å². The second-order valence-electron chi connectivity index (χ2n) is 6.64. The van der Waals surface area contributed by atoms with Crippen LogP contribution in [0, 0.1) is 5.92 Å². The standard InChI is InChI=1S/C19H23ClN2O3S/c1-14-4-3-11-22(13-14)16-7-5-15(6-8-16)21-26(23,24)17-9-10-19(25-2)18(20)12-17/h5-10,12,14,21H,3-4,11,13H2,1-2H3. The molecule has 0 saturated carbocycles. The first-order valence-corrected chi connectivity index (χ1v) is 10.5. The van der Waals surface area contributed by atoms with Gasteiger partial charge in [0.05, 0.1) is 17.0 Å². The number of ether oxygens (including phenoxy) is 1. The molecule has 140 valence electrons. The Morgan fingerprint density at radius 1 is 1.19 bits per heavy atom. The largest absolute Gasteiger partial charge is 0.495 e. The molecule has 1 aliphatic heterocycles. The van der Waals surface area contributed by atoms with Gasteiger partial charge in [-0.1, -0.05) is 18.5 Å². The van der Waals surface area contributed by atoms with Gasteiger partial charge in [-0.05, 0) is 61.2 Å². The van der Waals surface area contributed by atoms with Gasteiger partial charge in [0.15, 0.2) is 0 Å². The van der Waals surface area contributed by atoms with Gasteiger partial charge in [0, 0.05) is 24.5 Å². The van der Waals surface area contributed by atoms with Gasteiger partial charge in [0.1, 0.15) is 5.75 Å². The van der Waals surface area contributed by atoms with Gasteiger partial charge in [-0.3, -0.25) is 4.72 Å². The second kappa shape index (κ2) is 7.76. The summed E-state index contributed by atoms with van der Waals surface area (Å²) < 4.78 is 32.8. The van der Waals surface area contributed by atoms with Crippen LogP contribution in [0.5, 0.6) is 5.75 Å². The number of anilines is 2. The average molecular weight is 395 g/mol. The molecular formula is C19H23ClN2O3S. The molecule has 1 heterocycles. The van der Waals surface area contributed by atoms with Gasteiger partial charge >= 0.3 is 0 Å². The number of nitrogens with one attached hydrogen (secondary N) is 1. The van der Waals surface area contributed by atoms with E-state index < -0.39 is 10.0 Å². The van der Waals surface area contributed by atoms with E-state index >= 15 is 0 Å². The number of piperidine rings is 1. The number of sulfonamides is 1. The highest BCUT2D eigenvalue weighted by molar-refractivity contribution is 7.92. The van der Waals surface area contributed by atoms with Crippen molar-refractivity contribution in [1.29, 1.82) is 0 Å². The van der Waals surface area contributed by atoms with Crippen molar-refractivity contribution < 1.29 is 13.2 Å². The van der Waals surface area contributed by atoms with Crippen LogP contribution in [0.1, 0.15) is 19.8 Å².